The maximum absolute atomic E-state index is 12.2. The highest BCUT2D eigenvalue weighted by Gasteiger charge is 2.20. The van der Waals surface area contributed by atoms with Gasteiger partial charge in [-0.05, 0) is 79.7 Å². The van der Waals surface area contributed by atoms with Gasteiger partial charge >= 0.3 is 5.97 Å². The highest BCUT2D eigenvalue weighted by atomic mass is 35.5. The molecule has 0 bridgehead atoms. The van der Waals surface area contributed by atoms with E-state index in [1.807, 2.05) is 50.2 Å². The largest absolute Gasteiger partial charge is 0.477 e. The average Bonchev–Trinajstić information content (AvgIpc) is 3.28. The molecule has 0 amide bonds. The molecule has 1 aromatic heterocycles. The third-order valence-electron chi connectivity index (χ3n) is 5.29. The van der Waals surface area contributed by atoms with Gasteiger partial charge in [0.25, 0.3) is 5.69 Å². The van der Waals surface area contributed by atoms with Crippen LogP contribution in [0.1, 0.15) is 18.1 Å². The van der Waals surface area contributed by atoms with Crippen LogP contribution in [0.5, 0.6) is 0 Å². The van der Waals surface area contributed by atoms with Gasteiger partial charge in [0.15, 0.2) is 11.0 Å². The molecule has 4 rings (SSSR count). The number of nitro benzene ring substituents is 1. The van der Waals surface area contributed by atoms with Crippen molar-refractivity contribution in [2.75, 3.05) is 0 Å². The molecule has 0 radical (unpaired) electrons. The van der Waals surface area contributed by atoms with Crippen molar-refractivity contribution < 1.29 is 14.8 Å². The summed E-state index contributed by atoms with van der Waals surface area (Å²) in [7, 11) is 0. The zero-order valence-electron chi connectivity index (χ0n) is 19.8. The van der Waals surface area contributed by atoms with E-state index in [0.29, 0.717) is 33.0 Å². The Morgan fingerprint density at radius 2 is 1.81 bits per heavy atom. The number of carboxylic acids is 1. The minimum absolute atomic E-state index is 0.0454. The number of aromatic nitrogens is 3. The number of aliphatic carboxylic acids is 1. The maximum atomic E-state index is 12.2. The number of hydrogen-bond acceptors (Lipinski definition) is 7. The first-order valence-electron chi connectivity index (χ1n) is 11.1. The summed E-state index contributed by atoms with van der Waals surface area (Å²) in [5.74, 6) is -0.598. The lowest BCUT2D eigenvalue weighted by molar-refractivity contribution is -0.384. The predicted molar refractivity (Wildman–Crippen MR) is 146 cm³/mol. The second-order valence-electron chi connectivity index (χ2n) is 7.87. The van der Waals surface area contributed by atoms with Gasteiger partial charge in [-0.3, -0.25) is 10.1 Å². The molecule has 0 saturated carbocycles. The van der Waals surface area contributed by atoms with E-state index in [0.717, 1.165) is 27.8 Å². The molecule has 37 heavy (non-hydrogen) atoms. The lowest BCUT2D eigenvalue weighted by Gasteiger charge is -2.10. The molecule has 188 valence electrons. The minimum Gasteiger partial charge on any atom is -0.477 e. The molecular weight excluding hydrogens is 532 g/mol. The van der Waals surface area contributed by atoms with Crippen molar-refractivity contribution >= 4 is 52.9 Å². The molecule has 0 aliphatic carbocycles. The van der Waals surface area contributed by atoms with Crippen molar-refractivity contribution in [1.29, 1.82) is 0 Å². The number of rotatable bonds is 9. The van der Waals surface area contributed by atoms with Gasteiger partial charge in [0.2, 0.25) is 0 Å². The van der Waals surface area contributed by atoms with E-state index in [-0.39, 0.29) is 10.6 Å². The van der Waals surface area contributed by atoms with E-state index in [1.165, 1.54) is 30.0 Å². The van der Waals surface area contributed by atoms with Crippen LogP contribution in [0.3, 0.4) is 0 Å². The van der Waals surface area contributed by atoms with Gasteiger partial charge in [-0.25, -0.2) is 4.79 Å². The molecule has 1 heterocycles. The molecule has 11 heteroatoms. The van der Waals surface area contributed by atoms with E-state index >= 15 is 0 Å². The van der Waals surface area contributed by atoms with Crippen LogP contribution in [-0.2, 0) is 11.3 Å². The summed E-state index contributed by atoms with van der Waals surface area (Å²) in [6.07, 6.45) is 1.44. The van der Waals surface area contributed by atoms with Crippen LogP contribution in [0.15, 0.2) is 86.6 Å². The Morgan fingerprint density at radius 3 is 2.43 bits per heavy atom. The predicted octanol–water partition coefficient (Wildman–Crippen LogP) is 7.20. The Bertz CT molecular complexity index is 1490. The molecule has 4 aromatic rings. The van der Waals surface area contributed by atoms with Gasteiger partial charge in [0, 0.05) is 39.1 Å². The Labute approximate surface area is 226 Å². The number of non-ortho nitro benzene ring substituents is 1. The van der Waals surface area contributed by atoms with Crippen molar-refractivity contribution in [1.82, 2.24) is 14.8 Å². The number of carbonyl (C=O) groups is 1. The van der Waals surface area contributed by atoms with Crippen LogP contribution < -0.4 is 0 Å². The van der Waals surface area contributed by atoms with Crippen LogP contribution in [-0.4, -0.2) is 30.8 Å². The number of nitro groups is 1. The van der Waals surface area contributed by atoms with Crippen LogP contribution in [0, 0.1) is 17.0 Å². The van der Waals surface area contributed by atoms with Crippen LogP contribution >= 0.6 is 35.1 Å². The molecule has 0 spiro atoms. The van der Waals surface area contributed by atoms with E-state index < -0.39 is 10.9 Å². The van der Waals surface area contributed by atoms with Gasteiger partial charge in [-0.1, -0.05) is 41.1 Å². The maximum Gasteiger partial charge on any atom is 0.342 e. The molecule has 0 fully saturated rings. The van der Waals surface area contributed by atoms with E-state index in [4.69, 9.17) is 11.6 Å². The molecule has 0 aliphatic heterocycles. The van der Waals surface area contributed by atoms with Gasteiger partial charge in [0.05, 0.1) is 4.92 Å². The normalized spacial score (nSPS) is 11.5. The molecule has 0 atom stereocenters. The first-order chi connectivity index (χ1) is 17.7. The first kappa shape index (κ1) is 26.5. The lowest BCUT2D eigenvalue weighted by Crippen LogP contribution is -2.03. The average molecular weight is 553 g/mol. The van der Waals surface area contributed by atoms with Crippen molar-refractivity contribution in [2.24, 2.45) is 0 Å². The third-order valence-corrected chi connectivity index (χ3v) is 7.64. The van der Waals surface area contributed by atoms with Crippen molar-refractivity contribution in [3.63, 3.8) is 0 Å². The van der Waals surface area contributed by atoms with E-state index in [2.05, 4.69) is 10.2 Å². The molecule has 1 N–H and O–H groups in total. The molecule has 0 aliphatic rings. The number of benzene rings is 3. The summed E-state index contributed by atoms with van der Waals surface area (Å²) in [4.78, 5) is 24.8. The Kier molecular flexibility index (Phi) is 8.32. The van der Waals surface area contributed by atoms with Crippen LogP contribution in [0.4, 0.5) is 5.69 Å². The summed E-state index contributed by atoms with van der Waals surface area (Å²) < 4.78 is 1.81. The number of halogens is 1. The summed E-state index contributed by atoms with van der Waals surface area (Å²) >= 11 is 8.34. The molecule has 0 unspecified atom stereocenters. The lowest BCUT2D eigenvalue weighted by atomic mass is 10.2. The fourth-order valence-electron chi connectivity index (χ4n) is 3.42. The second-order valence-corrected chi connectivity index (χ2v) is 10.4. The SMILES string of the molecule is CCn1c(S/C(=C/c2cc([N+](=O)[O-])ccc2Sc2ccc(C)cc2)C(=O)O)nnc1-c1ccc(Cl)cc1. The van der Waals surface area contributed by atoms with E-state index in [9.17, 15) is 20.0 Å². The topological polar surface area (TPSA) is 111 Å². The van der Waals surface area contributed by atoms with E-state index in [1.54, 1.807) is 22.8 Å². The zero-order valence-corrected chi connectivity index (χ0v) is 22.2. The summed E-state index contributed by atoms with van der Waals surface area (Å²) in [6.45, 7) is 4.40. The Hall–Kier alpha value is -3.60. The van der Waals surface area contributed by atoms with Crippen LogP contribution in [0.2, 0.25) is 5.02 Å². The summed E-state index contributed by atoms with van der Waals surface area (Å²) in [5, 5.41) is 30.9. The van der Waals surface area contributed by atoms with Crippen LogP contribution in [0.25, 0.3) is 17.5 Å². The van der Waals surface area contributed by atoms with Gasteiger partial charge in [-0.15, -0.1) is 10.2 Å². The zero-order chi connectivity index (χ0) is 26.5. The molecule has 8 nitrogen and oxygen atoms in total. The third kappa shape index (κ3) is 6.40. The molecular formula is C26H21ClN4O4S2. The summed E-state index contributed by atoms with van der Waals surface area (Å²) in [5.41, 5.74) is 2.19. The number of nitrogens with zero attached hydrogens (tertiary/aromatic N) is 4. The van der Waals surface area contributed by atoms with Gasteiger partial charge in [0.1, 0.15) is 4.91 Å². The number of aryl methyl sites for hydroxylation is 1. The number of thioether (sulfide) groups is 1. The molecule has 0 saturated heterocycles. The van der Waals surface area contributed by atoms with Crippen molar-refractivity contribution in [3.05, 3.63) is 97.9 Å². The Balaban J connectivity index is 1.73. The first-order valence-corrected chi connectivity index (χ1v) is 13.1. The number of hydrogen-bond donors (Lipinski definition) is 1. The monoisotopic (exact) mass is 552 g/mol. The fraction of sp³-hybridized carbons (Fsp3) is 0.115. The minimum atomic E-state index is -1.18. The Morgan fingerprint density at radius 1 is 1.11 bits per heavy atom. The smallest absolute Gasteiger partial charge is 0.342 e. The molecule has 3 aromatic carbocycles. The summed E-state index contributed by atoms with van der Waals surface area (Å²) in [6, 6.07) is 19.4. The van der Waals surface area contributed by atoms with Crippen molar-refractivity contribution in [2.45, 2.75) is 35.3 Å². The second kappa shape index (κ2) is 11.6. The van der Waals surface area contributed by atoms with Gasteiger partial charge in [-0.2, -0.15) is 0 Å². The quantitative estimate of drug-likeness (QED) is 0.100. The standard InChI is InChI=1S/C26H21ClN4O4S2/c1-3-30-24(17-6-8-19(27)9-7-17)28-29-26(30)37-23(25(32)33)15-18-14-20(31(34)35)10-13-22(18)36-21-11-4-16(2)5-12-21/h4-15H,3H2,1-2H3,(H,32,33)/b23-15+. The number of carboxylic acid groups (broad SMARTS) is 1. The fourth-order valence-corrected chi connectivity index (χ4v) is 5.33. The van der Waals surface area contributed by atoms with Crippen molar-refractivity contribution in [3.8, 4) is 11.4 Å². The van der Waals surface area contributed by atoms with Gasteiger partial charge < -0.3 is 9.67 Å². The highest BCUT2D eigenvalue weighted by molar-refractivity contribution is 8.04. The highest BCUT2D eigenvalue weighted by Crippen LogP contribution is 2.36.